The highest BCUT2D eigenvalue weighted by Gasteiger charge is 2.13. The van der Waals surface area contributed by atoms with Crippen molar-refractivity contribution in [3.8, 4) is 17.2 Å². The molecule has 4 aromatic rings. The van der Waals surface area contributed by atoms with E-state index >= 15 is 0 Å². The molecule has 0 fully saturated rings. The third-order valence-corrected chi connectivity index (χ3v) is 6.79. The second-order valence-corrected chi connectivity index (χ2v) is 9.64. The Morgan fingerprint density at radius 3 is 2.49 bits per heavy atom. The van der Waals surface area contributed by atoms with E-state index in [1.54, 1.807) is 14.2 Å². The lowest BCUT2D eigenvalue weighted by atomic mass is 9.98. The molecule has 5 rings (SSSR count). The van der Waals surface area contributed by atoms with Gasteiger partial charge in [0.25, 0.3) is 0 Å². The van der Waals surface area contributed by atoms with E-state index < -0.39 is 0 Å². The minimum Gasteiger partial charge on any atom is -0.497 e. The van der Waals surface area contributed by atoms with Crippen LogP contribution in [0.3, 0.4) is 0 Å². The van der Waals surface area contributed by atoms with E-state index in [9.17, 15) is 0 Å². The van der Waals surface area contributed by atoms with Gasteiger partial charge in [-0.05, 0) is 77.6 Å². The predicted molar refractivity (Wildman–Crippen MR) is 158 cm³/mol. The monoisotopic (exact) mass is 519 g/mol. The Balaban J connectivity index is 1.35. The number of hydrogen-bond donors (Lipinski definition) is 1. The number of rotatable bonds is 8. The minimum atomic E-state index is 0.427. The molecule has 0 saturated heterocycles. The van der Waals surface area contributed by atoms with Crippen molar-refractivity contribution < 1.29 is 14.2 Å². The van der Waals surface area contributed by atoms with Gasteiger partial charge in [-0.1, -0.05) is 60.7 Å². The van der Waals surface area contributed by atoms with E-state index in [1.165, 1.54) is 5.57 Å². The van der Waals surface area contributed by atoms with E-state index in [1.807, 2.05) is 53.1 Å². The van der Waals surface area contributed by atoms with Crippen LogP contribution in [0.4, 0.5) is 5.95 Å². The van der Waals surface area contributed by atoms with Crippen LogP contribution in [-0.2, 0) is 13.2 Å². The van der Waals surface area contributed by atoms with Gasteiger partial charge in [-0.15, -0.1) is 0 Å². The summed E-state index contributed by atoms with van der Waals surface area (Å²) in [6, 6.07) is 20.0. The predicted octanol–water partition coefficient (Wildman–Crippen LogP) is 7.11. The van der Waals surface area contributed by atoms with Crippen LogP contribution in [0, 0.1) is 0 Å². The number of aromatic nitrogens is 2. The molecule has 1 aromatic heterocycles. The topological polar surface area (TPSA) is 71.5 Å². The zero-order valence-corrected chi connectivity index (χ0v) is 22.6. The van der Waals surface area contributed by atoms with Gasteiger partial charge in [0, 0.05) is 0 Å². The summed E-state index contributed by atoms with van der Waals surface area (Å²) in [4.78, 5) is 4.67. The van der Waals surface area contributed by atoms with E-state index in [4.69, 9.17) is 19.9 Å². The maximum Gasteiger partial charge on any atom is 0.201 e. The summed E-state index contributed by atoms with van der Waals surface area (Å²) in [5.74, 6) is 2.63. The first-order valence-corrected chi connectivity index (χ1v) is 12.9. The van der Waals surface area contributed by atoms with Crippen molar-refractivity contribution >= 4 is 22.6 Å². The highest BCUT2D eigenvalue weighted by atomic mass is 16.5. The van der Waals surface area contributed by atoms with Gasteiger partial charge in [0.1, 0.15) is 12.4 Å². The summed E-state index contributed by atoms with van der Waals surface area (Å²) in [6.45, 7) is 7.21. The second-order valence-electron chi connectivity index (χ2n) is 9.64. The lowest BCUT2D eigenvalue weighted by Crippen LogP contribution is -2.05. The molecule has 198 valence electrons. The number of fused-ring (bicyclic) bond motifs is 1. The van der Waals surface area contributed by atoms with E-state index in [-0.39, 0.29) is 0 Å². The number of imidazole rings is 1. The SMILES string of the molecule is C=C1C=CC(c2ccc3c(c2)nc(N)n3Cc2ccc(OCc3ccc(OC)cc3)c(OC)c2)=CCC(C)=C1. The van der Waals surface area contributed by atoms with Crippen molar-refractivity contribution in [3.05, 3.63) is 119 Å². The molecular formula is C33H33N3O3. The second kappa shape index (κ2) is 11.4. The smallest absolute Gasteiger partial charge is 0.201 e. The number of nitrogens with zero attached hydrogens (tertiary/aromatic N) is 2. The summed E-state index contributed by atoms with van der Waals surface area (Å²) >= 11 is 0. The van der Waals surface area contributed by atoms with Gasteiger partial charge in [0.2, 0.25) is 5.95 Å². The molecule has 0 atom stereocenters. The lowest BCUT2D eigenvalue weighted by molar-refractivity contribution is 0.284. The Hall–Kier alpha value is -4.71. The molecule has 6 nitrogen and oxygen atoms in total. The summed E-state index contributed by atoms with van der Waals surface area (Å²) in [5, 5.41) is 0. The van der Waals surface area contributed by atoms with Crippen molar-refractivity contribution in [3.63, 3.8) is 0 Å². The van der Waals surface area contributed by atoms with Crippen LogP contribution in [0.1, 0.15) is 30.0 Å². The summed E-state index contributed by atoms with van der Waals surface area (Å²) in [5.41, 5.74) is 14.8. The number of methoxy groups -OCH3 is 2. The molecule has 0 saturated carbocycles. The zero-order valence-electron chi connectivity index (χ0n) is 22.6. The molecule has 1 heterocycles. The maximum absolute atomic E-state index is 6.38. The van der Waals surface area contributed by atoms with Crippen LogP contribution >= 0.6 is 0 Å². The van der Waals surface area contributed by atoms with Crippen LogP contribution < -0.4 is 19.9 Å². The van der Waals surface area contributed by atoms with Gasteiger partial charge in [-0.3, -0.25) is 0 Å². The summed E-state index contributed by atoms with van der Waals surface area (Å²) < 4.78 is 18.9. The molecule has 0 unspecified atom stereocenters. The molecule has 0 amide bonds. The molecule has 1 aliphatic carbocycles. The third kappa shape index (κ3) is 5.91. The van der Waals surface area contributed by atoms with E-state index in [0.29, 0.717) is 30.6 Å². The Morgan fingerprint density at radius 1 is 0.923 bits per heavy atom. The number of ether oxygens (including phenoxy) is 3. The molecule has 0 aliphatic heterocycles. The van der Waals surface area contributed by atoms with E-state index in [0.717, 1.165) is 51.0 Å². The minimum absolute atomic E-state index is 0.427. The van der Waals surface area contributed by atoms with Crippen LogP contribution in [0.25, 0.3) is 16.6 Å². The number of allylic oxidation sites excluding steroid dienone is 7. The third-order valence-electron chi connectivity index (χ3n) is 6.79. The molecular weight excluding hydrogens is 486 g/mol. The summed E-state index contributed by atoms with van der Waals surface area (Å²) in [6.07, 6.45) is 9.39. The number of hydrogen-bond acceptors (Lipinski definition) is 5. The molecule has 0 radical (unpaired) electrons. The van der Waals surface area contributed by atoms with Gasteiger partial charge >= 0.3 is 0 Å². The summed E-state index contributed by atoms with van der Waals surface area (Å²) in [7, 11) is 3.30. The maximum atomic E-state index is 6.38. The fourth-order valence-electron chi connectivity index (χ4n) is 4.66. The molecule has 6 heteroatoms. The highest BCUT2D eigenvalue weighted by Crippen LogP contribution is 2.31. The van der Waals surface area contributed by atoms with Crippen molar-refractivity contribution in [1.29, 1.82) is 0 Å². The van der Waals surface area contributed by atoms with Crippen LogP contribution in [0.5, 0.6) is 17.2 Å². The van der Waals surface area contributed by atoms with Gasteiger partial charge in [-0.25, -0.2) is 4.98 Å². The Kier molecular flexibility index (Phi) is 7.55. The van der Waals surface area contributed by atoms with Crippen molar-refractivity contribution in [2.75, 3.05) is 20.0 Å². The first kappa shape index (κ1) is 25.9. The first-order chi connectivity index (χ1) is 18.9. The fraction of sp³-hybridized carbons (Fsp3) is 0.182. The van der Waals surface area contributed by atoms with E-state index in [2.05, 4.69) is 54.9 Å². The molecule has 39 heavy (non-hydrogen) atoms. The lowest BCUT2D eigenvalue weighted by Gasteiger charge is -2.14. The highest BCUT2D eigenvalue weighted by molar-refractivity contribution is 5.85. The number of nitrogen functional groups attached to an aromatic ring is 1. The molecule has 0 spiro atoms. The molecule has 2 N–H and O–H groups in total. The average molecular weight is 520 g/mol. The largest absolute Gasteiger partial charge is 0.497 e. The normalized spacial score (nSPS) is 13.5. The molecule has 0 bridgehead atoms. The van der Waals surface area contributed by atoms with Crippen molar-refractivity contribution in [1.82, 2.24) is 9.55 Å². The fourth-order valence-corrected chi connectivity index (χ4v) is 4.66. The zero-order chi connectivity index (χ0) is 27.4. The molecule has 3 aromatic carbocycles. The van der Waals surface area contributed by atoms with Gasteiger partial charge in [0.15, 0.2) is 11.5 Å². The van der Waals surface area contributed by atoms with Crippen molar-refractivity contribution in [2.24, 2.45) is 0 Å². The average Bonchev–Trinajstić information content (AvgIpc) is 3.25. The Labute approximate surface area is 229 Å². The van der Waals surface area contributed by atoms with Gasteiger partial charge < -0.3 is 24.5 Å². The molecule has 1 aliphatic rings. The Morgan fingerprint density at radius 2 is 1.72 bits per heavy atom. The number of nitrogens with two attached hydrogens (primary N) is 1. The van der Waals surface area contributed by atoms with Gasteiger partial charge in [0.05, 0.1) is 31.8 Å². The number of benzene rings is 3. The quantitative estimate of drug-likeness (QED) is 0.269. The van der Waals surface area contributed by atoms with Crippen LogP contribution in [0.15, 0.2) is 103 Å². The van der Waals surface area contributed by atoms with Crippen LogP contribution in [0.2, 0.25) is 0 Å². The van der Waals surface area contributed by atoms with Crippen LogP contribution in [-0.4, -0.2) is 23.8 Å². The number of anilines is 1. The Bertz CT molecular complexity index is 1610. The van der Waals surface area contributed by atoms with Gasteiger partial charge in [-0.2, -0.15) is 0 Å². The van der Waals surface area contributed by atoms with Crippen molar-refractivity contribution in [2.45, 2.75) is 26.5 Å². The first-order valence-electron chi connectivity index (χ1n) is 12.9. The standard InChI is InChI=1S/C33H33N3O3/c1-22-5-10-26(11-6-23(2)17-22)27-12-15-30-29(19-27)35-33(34)36(30)20-25-9-16-31(32(18-25)38-4)39-21-24-7-13-28(37-3)14-8-24/h5,7-19H,1,6,20-21H2,2-4H3,(H2,34,35).